The molecule has 4 nitrogen and oxygen atoms in total. The fourth-order valence-corrected chi connectivity index (χ4v) is 1.99. The first-order chi connectivity index (χ1) is 8.24. The van der Waals surface area contributed by atoms with Crippen LogP contribution in [-0.2, 0) is 0 Å². The normalized spacial score (nSPS) is 12.6. The van der Waals surface area contributed by atoms with Gasteiger partial charge in [0, 0.05) is 16.6 Å². The molecular formula is C12H14BrN3O. The third-order valence-electron chi connectivity index (χ3n) is 2.65. The number of nitrogens with zero attached hydrogens (tertiary/aromatic N) is 2. The van der Waals surface area contributed by atoms with Crippen molar-refractivity contribution in [1.29, 1.82) is 0 Å². The van der Waals surface area contributed by atoms with E-state index in [0.717, 1.165) is 16.5 Å². The Morgan fingerprint density at radius 2 is 2.29 bits per heavy atom. The molecule has 0 aliphatic rings. The first-order valence-corrected chi connectivity index (χ1v) is 6.33. The number of rotatable bonds is 4. The molecule has 5 heteroatoms. The summed E-state index contributed by atoms with van der Waals surface area (Å²) in [5.74, 6) is 1.36. The molecule has 1 heterocycles. The lowest BCUT2D eigenvalue weighted by atomic mass is 10.1. The highest BCUT2D eigenvalue weighted by Gasteiger charge is 2.16. The molecule has 2 aromatic rings. The Morgan fingerprint density at radius 3 is 2.94 bits per heavy atom. The van der Waals surface area contributed by atoms with Crippen molar-refractivity contribution in [3.05, 3.63) is 34.6 Å². The van der Waals surface area contributed by atoms with Gasteiger partial charge in [-0.15, -0.1) is 0 Å². The third kappa shape index (κ3) is 2.73. The average Bonchev–Trinajstić information content (AvgIpc) is 2.80. The number of halogens is 1. The minimum absolute atomic E-state index is 0.142. The standard InChI is InChI=1S/C12H14BrN3O/c1-2-8(7-14)12-15-11(16-17-12)9-4-3-5-10(13)6-9/h3-6,8H,2,7,14H2,1H3. The predicted octanol–water partition coefficient (Wildman–Crippen LogP) is 2.95. The van der Waals surface area contributed by atoms with Crippen LogP contribution >= 0.6 is 15.9 Å². The van der Waals surface area contributed by atoms with Gasteiger partial charge < -0.3 is 10.3 Å². The van der Waals surface area contributed by atoms with E-state index in [1.807, 2.05) is 24.3 Å². The Kier molecular flexibility index (Phi) is 3.91. The molecule has 1 aromatic carbocycles. The Morgan fingerprint density at radius 1 is 1.47 bits per heavy atom. The van der Waals surface area contributed by atoms with Crippen LogP contribution in [0.2, 0.25) is 0 Å². The van der Waals surface area contributed by atoms with Crippen LogP contribution in [0.25, 0.3) is 11.4 Å². The summed E-state index contributed by atoms with van der Waals surface area (Å²) >= 11 is 3.42. The maximum atomic E-state index is 5.65. The SMILES string of the molecule is CCC(CN)c1nc(-c2cccc(Br)c2)no1. The highest BCUT2D eigenvalue weighted by Crippen LogP contribution is 2.23. The van der Waals surface area contributed by atoms with Crippen molar-refractivity contribution in [2.75, 3.05) is 6.54 Å². The monoisotopic (exact) mass is 295 g/mol. The van der Waals surface area contributed by atoms with Crippen LogP contribution in [0.3, 0.4) is 0 Å². The summed E-state index contributed by atoms with van der Waals surface area (Å²) in [6.45, 7) is 2.58. The number of benzene rings is 1. The van der Waals surface area contributed by atoms with Crippen LogP contribution in [0.1, 0.15) is 25.2 Å². The van der Waals surface area contributed by atoms with Crippen LogP contribution < -0.4 is 5.73 Å². The highest BCUT2D eigenvalue weighted by molar-refractivity contribution is 9.10. The second kappa shape index (κ2) is 5.42. The summed E-state index contributed by atoms with van der Waals surface area (Å²) in [7, 11) is 0. The molecule has 1 aromatic heterocycles. The average molecular weight is 296 g/mol. The van der Waals surface area contributed by atoms with Crippen LogP contribution in [-0.4, -0.2) is 16.7 Å². The predicted molar refractivity (Wildman–Crippen MR) is 69.5 cm³/mol. The van der Waals surface area contributed by atoms with Crippen LogP contribution in [0.4, 0.5) is 0 Å². The van der Waals surface area contributed by atoms with E-state index in [-0.39, 0.29) is 5.92 Å². The minimum Gasteiger partial charge on any atom is -0.339 e. The number of aromatic nitrogens is 2. The Bertz CT molecular complexity index is 494. The van der Waals surface area contributed by atoms with Gasteiger partial charge in [0.1, 0.15) is 0 Å². The first kappa shape index (κ1) is 12.3. The van der Waals surface area contributed by atoms with Gasteiger partial charge in [0.2, 0.25) is 11.7 Å². The highest BCUT2D eigenvalue weighted by atomic mass is 79.9. The minimum atomic E-state index is 0.142. The molecule has 2 N–H and O–H groups in total. The molecule has 1 atom stereocenters. The van der Waals surface area contributed by atoms with E-state index in [1.165, 1.54) is 0 Å². The van der Waals surface area contributed by atoms with Gasteiger partial charge in [0.05, 0.1) is 5.92 Å². The summed E-state index contributed by atoms with van der Waals surface area (Å²) in [6, 6.07) is 7.80. The van der Waals surface area contributed by atoms with Crippen molar-refractivity contribution in [1.82, 2.24) is 10.1 Å². The van der Waals surface area contributed by atoms with E-state index in [2.05, 4.69) is 33.0 Å². The molecule has 0 spiro atoms. The lowest BCUT2D eigenvalue weighted by molar-refractivity contribution is 0.351. The fourth-order valence-electron chi connectivity index (χ4n) is 1.59. The molecule has 0 amide bonds. The van der Waals surface area contributed by atoms with Crippen LogP contribution in [0, 0.1) is 0 Å². The molecule has 17 heavy (non-hydrogen) atoms. The zero-order valence-electron chi connectivity index (χ0n) is 9.56. The summed E-state index contributed by atoms with van der Waals surface area (Å²) < 4.78 is 6.24. The van der Waals surface area contributed by atoms with Crippen molar-refractivity contribution in [2.24, 2.45) is 5.73 Å². The van der Waals surface area contributed by atoms with E-state index in [1.54, 1.807) is 0 Å². The summed E-state index contributed by atoms with van der Waals surface area (Å²) in [5.41, 5.74) is 6.58. The van der Waals surface area contributed by atoms with E-state index < -0.39 is 0 Å². The molecule has 0 saturated heterocycles. The summed E-state index contributed by atoms with van der Waals surface area (Å²) in [5, 5.41) is 3.98. The Balaban J connectivity index is 2.29. The third-order valence-corrected chi connectivity index (χ3v) is 3.14. The molecule has 0 saturated carbocycles. The van der Waals surface area contributed by atoms with Gasteiger partial charge in [0.15, 0.2) is 0 Å². The fraction of sp³-hybridized carbons (Fsp3) is 0.333. The molecule has 90 valence electrons. The van der Waals surface area contributed by atoms with Crippen molar-refractivity contribution in [2.45, 2.75) is 19.3 Å². The molecule has 0 aliphatic heterocycles. The molecule has 0 aliphatic carbocycles. The van der Waals surface area contributed by atoms with Crippen molar-refractivity contribution in [3.63, 3.8) is 0 Å². The van der Waals surface area contributed by atoms with Gasteiger partial charge in [-0.25, -0.2) is 0 Å². The molecule has 0 radical (unpaired) electrons. The quantitative estimate of drug-likeness (QED) is 0.942. The first-order valence-electron chi connectivity index (χ1n) is 5.54. The number of hydrogen-bond acceptors (Lipinski definition) is 4. The van der Waals surface area contributed by atoms with E-state index in [0.29, 0.717) is 18.3 Å². The zero-order chi connectivity index (χ0) is 12.3. The smallest absolute Gasteiger partial charge is 0.231 e. The zero-order valence-corrected chi connectivity index (χ0v) is 11.1. The summed E-state index contributed by atoms with van der Waals surface area (Å²) in [4.78, 5) is 4.38. The molecule has 1 unspecified atom stereocenters. The van der Waals surface area contributed by atoms with Crippen molar-refractivity contribution < 1.29 is 4.52 Å². The van der Waals surface area contributed by atoms with Gasteiger partial charge >= 0.3 is 0 Å². The maximum Gasteiger partial charge on any atom is 0.231 e. The van der Waals surface area contributed by atoms with Gasteiger partial charge in [-0.2, -0.15) is 4.98 Å². The topological polar surface area (TPSA) is 64.9 Å². The number of nitrogens with two attached hydrogens (primary N) is 1. The van der Waals surface area contributed by atoms with Gasteiger partial charge in [-0.3, -0.25) is 0 Å². The molecule has 2 rings (SSSR count). The second-order valence-corrected chi connectivity index (χ2v) is 4.72. The van der Waals surface area contributed by atoms with E-state index in [9.17, 15) is 0 Å². The van der Waals surface area contributed by atoms with Gasteiger partial charge in [-0.1, -0.05) is 40.1 Å². The lowest BCUT2D eigenvalue weighted by Crippen LogP contribution is -2.11. The van der Waals surface area contributed by atoms with Crippen molar-refractivity contribution in [3.8, 4) is 11.4 Å². The molecule has 0 fully saturated rings. The molecule has 0 bridgehead atoms. The van der Waals surface area contributed by atoms with Crippen LogP contribution in [0.15, 0.2) is 33.3 Å². The lowest BCUT2D eigenvalue weighted by Gasteiger charge is -2.04. The largest absolute Gasteiger partial charge is 0.339 e. The van der Waals surface area contributed by atoms with Gasteiger partial charge in [-0.05, 0) is 18.6 Å². The van der Waals surface area contributed by atoms with Crippen molar-refractivity contribution >= 4 is 15.9 Å². The Labute approximate surface area is 108 Å². The van der Waals surface area contributed by atoms with E-state index in [4.69, 9.17) is 10.3 Å². The van der Waals surface area contributed by atoms with Crippen LogP contribution in [0.5, 0.6) is 0 Å². The molecular weight excluding hydrogens is 282 g/mol. The second-order valence-electron chi connectivity index (χ2n) is 3.81. The summed E-state index contributed by atoms with van der Waals surface area (Å²) in [6.07, 6.45) is 0.899. The van der Waals surface area contributed by atoms with Gasteiger partial charge in [0.25, 0.3) is 0 Å². The van der Waals surface area contributed by atoms with E-state index >= 15 is 0 Å². The Hall–Kier alpha value is -1.20. The maximum absolute atomic E-state index is 5.65. The number of hydrogen-bond donors (Lipinski definition) is 1.